The summed E-state index contributed by atoms with van der Waals surface area (Å²) in [4.78, 5) is 19.3. The molecular formula is C22H24FN5O. The minimum Gasteiger partial charge on any atom is -0.383 e. The number of benzene rings is 1. The molecule has 2 heterocycles. The molecule has 0 aliphatic heterocycles. The smallest absolute Gasteiger partial charge is 0.224 e. The molecule has 1 aliphatic rings. The van der Waals surface area contributed by atoms with E-state index < -0.39 is 0 Å². The van der Waals surface area contributed by atoms with Crippen molar-refractivity contribution in [1.82, 2.24) is 19.5 Å². The van der Waals surface area contributed by atoms with Crippen LogP contribution in [0.5, 0.6) is 0 Å². The second kappa shape index (κ2) is 8.03. The van der Waals surface area contributed by atoms with Gasteiger partial charge < -0.3 is 10.2 Å². The molecule has 150 valence electrons. The topological polar surface area (TPSA) is 62.5 Å². The summed E-state index contributed by atoms with van der Waals surface area (Å²) >= 11 is 0. The van der Waals surface area contributed by atoms with Crippen molar-refractivity contribution in [3.8, 4) is 11.3 Å². The first-order chi connectivity index (χ1) is 14.0. The zero-order valence-electron chi connectivity index (χ0n) is 16.6. The number of carbonyl (C=O) groups is 1. The molecule has 1 fully saturated rings. The first kappa shape index (κ1) is 19.1. The highest BCUT2D eigenvalue weighted by Crippen LogP contribution is 2.29. The molecule has 3 aromatic rings. The number of hydrogen-bond donors (Lipinski definition) is 1. The molecule has 0 unspecified atom stereocenters. The van der Waals surface area contributed by atoms with Crippen LogP contribution in [0.1, 0.15) is 36.0 Å². The van der Waals surface area contributed by atoms with Crippen LogP contribution in [0.15, 0.2) is 48.8 Å². The Bertz CT molecular complexity index is 1050. The molecule has 6 nitrogen and oxygen atoms in total. The van der Waals surface area contributed by atoms with Crippen LogP contribution in [-0.2, 0) is 0 Å². The number of allylic oxidation sites excluding steroid dienone is 1. The lowest BCUT2D eigenvalue weighted by molar-refractivity contribution is 0.104. The van der Waals surface area contributed by atoms with Gasteiger partial charge in [0.2, 0.25) is 5.95 Å². The lowest BCUT2D eigenvalue weighted by Crippen LogP contribution is -2.18. The number of hydrogen-bond acceptors (Lipinski definition) is 5. The van der Waals surface area contributed by atoms with E-state index >= 15 is 0 Å². The summed E-state index contributed by atoms with van der Waals surface area (Å²) in [5.74, 6) is 0.127. The standard InChI is InChI=1S/C22H24FN5O/c1-27(2)14-12-19(29)20-18-11-13-24-22(25-17-5-3-4-6-17)28(18)26-21(20)15-7-9-16(23)10-8-15/h7-14,17H,3-6H2,1-2H3,(H,24,25)/b14-12+. The molecule has 0 atom stereocenters. The molecule has 0 bridgehead atoms. The van der Waals surface area contributed by atoms with Gasteiger partial charge in [-0.25, -0.2) is 9.37 Å². The Hall–Kier alpha value is -3.22. The quantitative estimate of drug-likeness (QED) is 0.504. The van der Waals surface area contributed by atoms with Crippen LogP contribution in [0, 0.1) is 5.82 Å². The highest BCUT2D eigenvalue weighted by Gasteiger charge is 2.23. The fraction of sp³-hybridized carbons (Fsp3) is 0.318. The number of carbonyl (C=O) groups excluding carboxylic acids is 1. The van der Waals surface area contributed by atoms with Crippen molar-refractivity contribution >= 4 is 17.2 Å². The first-order valence-electron chi connectivity index (χ1n) is 9.82. The summed E-state index contributed by atoms with van der Waals surface area (Å²) in [6, 6.07) is 8.18. The number of halogens is 1. The van der Waals surface area contributed by atoms with Crippen LogP contribution in [0.3, 0.4) is 0 Å². The van der Waals surface area contributed by atoms with Crippen LogP contribution in [-0.4, -0.2) is 45.4 Å². The zero-order chi connectivity index (χ0) is 20.4. The highest BCUT2D eigenvalue weighted by atomic mass is 19.1. The van der Waals surface area contributed by atoms with Crippen molar-refractivity contribution in [3.05, 3.63) is 60.2 Å². The van der Waals surface area contributed by atoms with E-state index in [0.29, 0.717) is 34.3 Å². The van der Waals surface area contributed by atoms with Gasteiger partial charge in [-0.15, -0.1) is 0 Å². The Balaban J connectivity index is 1.85. The summed E-state index contributed by atoms with van der Waals surface area (Å²) in [5.41, 5.74) is 2.35. The maximum atomic E-state index is 13.4. The Morgan fingerprint density at radius 2 is 1.93 bits per heavy atom. The number of rotatable bonds is 6. The van der Waals surface area contributed by atoms with Gasteiger partial charge in [-0.3, -0.25) is 4.79 Å². The third-order valence-electron chi connectivity index (χ3n) is 5.13. The molecule has 0 spiro atoms. The molecule has 0 amide bonds. The van der Waals surface area contributed by atoms with E-state index in [1.54, 1.807) is 40.0 Å². The Labute approximate surface area is 169 Å². The van der Waals surface area contributed by atoms with Crippen LogP contribution < -0.4 is 5.32 Å². The van der Waals surface area contributed by atoms with Gasteiger partial charge in [-0.05, 0) is 43.2 Å². The Morgan fingerprint density at radius 1 is 1.21 bits per heavy atom. The molecule has 0 radical (unpaired) electrons. The lowest BCUT2D eigenvalue weighted by atomic mass is 10.0. The zero-order valence-corrected chi connectivity index (χ0v) is 16.6. The summed E-state index contributed by atoms with van der Waals surface area (Å²) < 4.78 is 15.1. The maximum absolute atomic E-state index is 13.4. The van der Waals surface area contributed by atoms with Crippen molar-refractivity contribution in [2.24, 2.45) is 0 Å². The van der Waals surface area contributed by atoms with Crippen molar-refractivity contribution in [2.45, 2.75) is 31.7 Å². The number of fused-ring (bicyclic) bond motifs is 1. The van der Waals surface area contributed by atoms with E-state index in [9.17, 15) is 9.18 Å². The molecular weight excluding hydrogens is 369 g/mol. The van der Waals surface area contributed by atoms with E-state index in [2.05, 4.69) is 10.3 Å². The van der Waals surface area contributed by atoms with Crippen LogP contribution >= 0.6 is 0 Å². The van der Waals surface area contributed by atoms with Gasteiger partial charge in [0.25, 0.3) is 0 Å². The minimum absolute atomic E-state index is 0.161. The normalized spacial score (nSPS) is 14.7. The molecule has 1 aliphatic carbocycles. The second-order valence-electron chi connectivity index (χ2n) is 7.57. The SMILES string of the molecule is CN(C)/C=C/C(=O)c1c(-c2ccc(F)cc2)nn2c(NC3CCCC3)nccc12. The van der Waals surface area contributed by atoms with Crippen molar-refractivity contribution < 1.29 is 9.18 Å². The third kappa shape index (κ3) is 3.99. The van der Waals surface area contributed by atoms with Gasteiger partial charge in [-0.1, -0.05) is 12.8 Å². The van der Waals surface area contributed by atoms with Gasteiger partial charge >= 0.3 is 0 Å². The molecule has 4 rings (SSSR count). The molecule has 7 heteroatoms. The molecule has 2 aromatic heterocycles. The predicted octanol–water partition coefficient (Wildman–Crippen LogP) is 4.15. The molecule has 1 aromatic carbocycles. The predicted molar refractivity (Wildman–Crippen MR) is 111 cm³/mol. The number of aromatic nitrogens is 3. The average molecular weight is 393 g/mol. The van der Waals surface area contributed by atoms with Gasteiger partial charge in [0.05, 0.1) is 11.1 Å². The summed E-state index contributed by atoms with van der Waals surface area (Å²) in [6.07, 6.45) is 9.52. The van der Waals surface area contributed by atoms with E-state index in [0.717, 1.165) is 12.8 Å². The number of nitrogens with one attached hydrogen (secondary N) is 1. The second-order valence-corrected chi connectivity index (χ2v) is 7.57. The first-order valence-corrected chi connectivity index (χ1v) is 9.82. The van der Waals surface area contributed by atoms with Crippen LogP contribution in [0.25, 0.3) is 16.8 Å². The number of ketones is 1. The monoisotopic (exact) mass is 393 g/mol. The largest absolute Gasteiger partial charge is 0.383 e. The van der Waals surface area contributed by atoms with Crippen molar-refractivity contribution in [3.63, 3.8) is 0 Å². The minimum atomic E-state index is -0.330. The lowest BCUT2D eigenvalue weighted by Gasteiger charge is -2.13. The van der Waals surface area contributed by atoms with E-state index in [4.69, 9.17) is 5.10 Å². The highest BCUT2D eigenvalue weighted by molar-refractivity contribution is 6.13. The van der Waals surface area contributed by atoms with Gasteiger partial charge in [-0.2, -0.15) is 9.61 Å². The summed E-state index contributed by atoms with van der Waals surface area (Å²) in [5, 5.41) is 8.17. The Morgan fingerprint density at radius 3 is 2.62 bits per heavy atom. The number of nitrogens with zero attached hydrogens (tertiary/aromatic N) is 4. The molecule has 1 N–H and O–H groups in total. The summed E-state index contributed by atoms with van der Waals surface area (Å²) in [6.45, 7) is 0. The summed E-state index contributed by atoms with van der Waals surface area (Å²) in [7, 11) is 3.71. The van der Waals surface area contributed by atoms with E-state index in [1.165, 1.54) is 31.1 Å². The fourth-order valence-corrected chi connectivity index (χ4v) is 3.68. The van der Waals surface area contributed by atoms with Gasteiger partial charge in [0.15, 0.2) is 5.78 Å². The van der Waals surface area contributed by atoms with E-state index in [1.807, 2.05) is 14.1 Å². The molecule has 29 heavy (non-hydrogen) atoms. The van der Waals surface area contributed by atoms with Gasteiger partial charge in [0.1, 0.15) is 11.5 Å². The fourth-order valence-electron chi connectivity index (χ4n) is 3.68. The third-order valence-corrected chi connectivity index (χ3v) is 5.13. The van der Waals surface area contributed by atoms with Gasteiger partial charge in [0, 0.05) is 44.2 Å². The van der Waals surface area contributed by atoms with Crippen LogP contribution in [0.2, 0.25) is 0 Å². The van der Waals surface area contributed by atoms with Crippen molar-refractivity contribution in [1.29, 1.82) is 0 Å². The van der Waals surface area contributed by atoms with Crippen molar-refractivity contribution in [2.75, 3.05) is 19.4 Å². The molecule has 1 saturated carbocycles. The van der Waals surface area contributed by atoms with Crippen LogP contribution in [0.4, 0.5) is 10.3 Å². The average Bonchev–Trinajstić information content (AvgIpc) is 3.35. The van der Waals surface area contributed by atoms with E-state index in [-0.39, 0.29) is 11.6 Å². The number of anilines is 1. The molecule has 0 saturated heterocycles. The maximum Gasteiger partial charge on any atom is 0.224 e. The Kier molecular flexibility index (Phi) is 5.29.